The maximum absolute atomic E-state index is 13.3. The lowest BCUT2D eigenvalue weighted by Gasteiger charge is -2.10. The Hall–Kier alpha value is -2.24. The Bertz CT molecular complexity index is 859. The molecule has 0 spiro atoms. The molecule has 0 aliphatic rings. The molecule has 124 valence electrons. The smallest absolute Gasteiger partial charge is 0.261 e. The van der Waals surface area contributed by atoms with Gasteiger partial charge in [0, 0.05) is 17.9 Å². The molecule has 0 saturated heterocycles. The van der Waals surface area contributed by atoms with Crippen LogP contribution >= 0.6 is 11.3 Å². The van der Waals surface area contributed by atoms with Crippen LogP contribution in [-0.4, -0.2) is 12.5 Å². The molecule has 0 saturated carbocycles. The van der Waals surface area contributed by atoms with Crippen LogP contribution in [0, 0.1) is 5.82 Å². The number of rotatable bonds is 6. The SMILES string of the molecule is CCOCc1ccccc1CNC(=O)c1cc2cc(F)ccc2s1. The third-order valence-corrected chi connectivity index (χ3v) is 4.84. The van der Waals surface area contributed by atoms with Crippen molar-refractivity contribution in [2.45, 2.75) is 20.1 Å². The van der Waals surface area contributed by atoms with Crippen molar-refractivity contribution in [1.82, 2.24) is 5.32 Å². The zero-order chi connectivity index (χ0) is 16.9. The Balaban J connectivity index is 1.70. The molecular weight excluding hydrogens is 325 g/mol. The molecule has 0 unspecified atom stereocenters. The maximum Gasteiger partial charge on any atom is 0.261 e. The molecule has 1 aromatic heterocycles. The zero-order valence-corrected chi connectivity index (χ0v) is 14.2. The first-order chi connectivity index (χ1) is 11.7. The van der Waals surface area contributed by atoms with Crippen molar-refractivity contribution < 1.29 is 13.9 Å². The summed E-state index contributed by atoms with van der Waals surface area (Å²) < 4.78 is 19.6. The van der Waals surface area contributed by atoms with E-state index in [-0.39, 0.29) is 11.7 Å². The van der Waals surface area contributed by atoms with Crippen LogP contribution in [0.2, 0.25) is 0 Å². The summed E-state index contributed by atoms with van der Waals surface area (Å²) in [5.74, 6) is -0.445. The van der Waals surface area contributed by atoms with Gasteiger partial charge in [0.15, 0.2) is 0 Å². The number of benzene rings is 2. The fraction of sp³-hybridized carbons (Fsp3) is 0.211. The minimum Gasteiger partial charge on any atom is -0.377 e. The molecule has 0 bridgehead atoms. The van der Waals surface area contributed by atoms with Gasteiger partial charge in [0.05, 0.1) is 11.5 Å². The summed E-state index contributed by atoms with van der Waals surface area (Å²) in [5.41, 5.74) is 2.10. The number of nitrogens with one attached hydrogen (secondary N) is 1. The second-order valence-corrected chi connectivity index (χ2v) is 6.47. The van der Waals surface area contributed by atoms with Crippen molar-refractivity contribution in [2.24, 2.45) is 0 Å². The normalized spacial score (nSPS) is 10.9. The molecular formula is C19H18FNO2S. The molecule has 0 radical (unpaired) electrons. The van der Waals surface area contributed by atoms with E-state index < -0.39 is 0 Å². The van der Waals surface area contributed by atoms with Gasteiger partial charge in [-0.3, -0.25) is 4.79 Å². The number of carbonyl (C=O) groups excluding carboxylic acids is 1. The summed E-state index contributed by atoms with van der Waals surface area (Å²) >= 11 is 1.36. The van der Waals surface area contributed by atoms with Gasteiger partial charge in [-0.15, -0.1) is 11.3 Å². The first kappa shape index (κ1) is 16.6. The monoisotopic (exact) mass is 343 g/mol. The molecule has 1 heterocycles. The van der Waals surface area contributed by atoms with Gasteiger partial charge >= 0.3 is 0 Å². The highest BCUT2D eigenvalue weighted by molar-refractivity contribution is 7.20. The van der Waals surface area contributed by atoms with E-state index in [0.717, 1.165) is 21.2 Å². The summed E-state index contributed by atoms with van der Waals surface area (Å²) in [4.78, 5) is 13.0. The molecule has 24 heavy (non-hydrogen) atoms. The van der Waals surface area contributed by atoms with E-state index in [1.807, 2.05) is 31.2 Å². The molecule has 5 heteroatoms. The largest absolute Gasteiger partial charge is 0.377 e. The van der Waals surface area contributed by atoms with Crippen LogP contribution in [0.3, 0.4) is 0 Å². The van der Waals surface area contributed by atoms with Crippen molar-refractivity contribution in [3.8, 4) is 0 Å². The van der Waals surface area contributed by atoms with Crippen LogP contribution in [0.1, 0.15) is 27.7 Å². The fourth-order valence-corrected chi connectivity index (χ4v) is 3.43. The number of amides is 1. The molecule has 2 aromatic carbocycles. The second kappa shape index (κ2) is 7.55. The van der Waals surface area contributed by atoms with Crippen molar-refractivity contribution >= 4 is 27.3 Å². The third kappa shape index (κ3) is 3.80. The van der Waals surface area contributed by atoms with Crippen molar-refractivity contribution in [2.75, 3.05) is 6.61 Å². The van der Waals surface area contributed by atoms with Gasteiger partial charge in [-0.1, -0.05) is 24.3 Å². The van der Waals surface area contributed by atoms with Gasteiger partial charge in [-0.2, -0.15) is 0 Å². The van der Waals surface area contributed by atoms with E-state index in [1.54, 1.807) is 12.1 Å². The van der Waals surface area contributed by atoms with Crippen molar-refractivity contribution in [1.29, 1.82) is 0 Å². The first-order valence-corrected chi connectivity index (χ1v) is 8.61. The Morgan fingerprint density at radius 2 is 1.96 bits per heavy atom. The number of carbonyl (C=O) groups is 1. The molecule has 0 fully saturated rings. The van der Waals surface area contributed by atoms with E-state index >= 15 is 0 Å². The van der Waals surface area contributed by atoms with E-state index in [1.165, 1.54) is 23.5 Å². The van der Waals surface area contributed by atoms with E-state index in [9.17, 15) is 9.18 Å². The summed E-state index contributed by atoms with van der Waals surface area (Å²) in [7, 11) is 0. The van der Waals surface area contributed by atoms with Gasteiger partial charge in [-0.05, 0) is 47.7 Å². The highest BCUT2D eigenvalue weighted by Crippen LogP contribution is 2.26. The highest BCUT2D eigenvalue weighted by Gasteiger charge is 2.11. The fourth-order valence-electron chi connectivity index (χ4n) is 2.47. The Kier molecular flexibility index (Phi) is 5.23. The number of thiophene rings is 1. The van der Waals surface area contributed by atoms with Crippen LogP contribution in [0.25, 0.3) is 10.1 Å². The lowest BCUT2D eigenvalue weighted by molar-refractivity contribution is 0.0954. The lowest BCUT2D eigenvalue weighted by Crippen LogP contribution is -2.22. The van der Waals surface area contributed by atoms with E-state index in [2.05, 4.69) is 5.32 Å². The second-order valence-electron chi connectivity index (χ2n) is 5.38. The summed E-state index contributed by atoms with van der Waals surface area (Å²) in [6, 6.07) is 14.2. The van der Waals surface area contributed by atoms with Gasteiger partial charge in [0.1, 0.15) is 5.82 Å². The van der Waals surface area contributed by atoms with E-state index in [0.29, 0.717) is 24.6 Å². The van der Waals surface area contributed by atoms with Gasteiger partial charge in [0.2, 0.25) is 0 Å². The van der Waals surface area contributed by atoms with E-state index in [4.69, 9.17) is 4.74 Å². The number of hydrogen-bond donors (Lipinski definition) is 1. The predicted molar refractivity (Wildman–Crippen MR) is 94.7 cm³/mol. The number of halogens is 1. The molecule has 3 aromatic rings. The number of fused-ring (bicyclic) bond motifs is 1. The van der Waals surface area contributed by atoms with Gasteiger partial charge in [-0.25, -0.2) is 4.39 Å². The third-order valence-electron chi connectivity index (χ3n) is 3.72. The Labute approximate surface area is 144 Å². The molecule has 0 aliphatic carbocycles. The zero-order valence-electron chi connectivity index (χ0n) is 13.3. The highest BCUT2D eigenvalue weighted by atomic mass is 32.1. The topological polar surface area (TPSA) is 38.3 Å². The number of hydrogen-bond acceptors (Lipinski definition) is 3. The van der Waals surface area contributed by atoms with Crippen LogP contribution in [0.4, 0.5) is 4.39 Å². The summed E-state index contributed by atoms with van der Waals surface area (Å²) in [6.07, 6.45) is 0. The van der Waals surface area contributed by atoms with Crippen molar-refractivity contribution in [3.05, 3.63) is 70.4 Å². The molecule has 3 rings (SSSR count). The standard InChI is InChI=1S/C19H18FNO2S/c1-2-23-12-14-6-4-3-5-13(14)11-21-19(22)18-10-15-9-16(20)7-8-17(15)24-18/h3-10H,2,11-12H2,1H3,(H,21,22). The summed E-state index contributed by atoms with van der Waals surface area (Å²) in [5, 5.41) is 3.68. The minimum atomic E-state index is -0.294. The van der Waals surface area contributed by atoms with Crippen molar-refractivity contribution in [3.63, 3.8) is 0 Å². The van der Waals surface area contributed by atoms with Gasteiger partial charge < -0.3 is 10.1 Å². The average Bonchev–Trinajstić information content (AvgIpc) is 3.01. The Morgan fingerprint density at radius 1 is 1.17 bits per heavy atom. The molecule has 1 N–H and O–H groups in total. The predicted octanol–water partition coefficient (Wildman–Crippen LogP) is 4.51. The minimum absolute atomic E-state index is 0.150. The van der Waals surface area contributed by atoms with Gasteiger partial charge in [0.25, 0.3) is 5.91 Å². The molecule has 0 aliphatic heterocycles. The van der Waals surface area contributed by atoms with Crippen LogP contribution in [-0.2, 0) is 17.9 Å². The molecule has 0 atom stereocenters. The molecule has 1 amide bonds. The van der Waals surface area contributed by atoms with Crippen LogP contribution in [0.5, 0.6) is 0 Å². The van der Waals surface area contributed by atoms with Crippen LogP contribution in [0.15, 0.2) is 48.5 Å². The number of ether oxygens (including phenoxy) is 1. The average molecular weight is 343 g/mol. The summed E-state index contributed by atoms with van der Waals surface area (Å²) in [6.45, 7) is 3.57. The lowest BCUT2D eigenvalue weighted by atomic mass is 10.1. The maximum atomic E-state index is 13.3. The molecule has 3 nitrogen and oxygen atoms in total. The first-order valence-electron chi connectivity index (χ1n) is 7.79. The quantitative estimate of drug-likeness (QED) is 0.715. The van der Waals surface area contributed by atoms with Crippen LogP contribution < -0.4 is 5.32 Å². The Morgan fingerprint density at radius 3 is 2.75 bits per heavy atom.